The third-order valence-corrected chi connectivity index (χ3v) is 3.35. The molecule has 0 amide bonds. The van der Waals surface area contributed by atoms with E-state index < -0.39 is 5.82 Å². The van der Waals surface area contributed by atoms with E-state index in [4.69, 9.17) is 10.00 Å². The van der Waals surface area contributed by atoms with Crippen LogP contribution in [0, 0.1) is 24.1 Å². The minimum Gasteiger partial charge on any atom is -0.487 e. The van der Waals surface area contributed by atoms with Crippen molar-refractivity contribution in [2.45, 2.75) is 13.5 Å². The second-order valence-corrected chi connectivity index (χ2v) is 4.96. The Morgan fingerprint density at radius 1 is 1.17 bits per heavy atom. The van der Waals surface area contributed by atoms with E-state index in [0.717, 1.165) is 5.56 Å². The van der Waals surface area contributed by atoms with E-state index in [9.17, 15) is 4.39 Å². The van der Waals surface area contributed by atoms with Gasteiger partial charge in [0.1, 0.15) is 35.6 Å². The van der Waals surface area contributed by atoms with Crippen LogP contribution in [0.5, 0.6) is 5.75 Å². The maximum Gasteiger partial charge on any atom is 0.189 e. The summed E-state index contributed by atoms with van der Waals surface area (Å²) in [5.74, 6) is 0.208. The van der Waals surface area contributed by atoms with E-state index in [-0.39, 0.29) is 18.0 Å². The molecule has 114 valence electrons. The molecule has 1 aromatic heterocycles. The van der Waals surface area contributed by atoms with Crippen molar-refractivity contribution in [1.82, 2.24) is 15.0 Å². The number of benzene rings is 2. The first kappa shape index (κ1) is 14.7. The Morgan fingerprint density at radius 2 is 1.91 bits per heavy atom. The van der Waals surface area contributed by atoms with Crippen molar-refractivity contribution in [2.75, 3.05) is 0 Å². The number of para-hydroxylation sites is 1. The molecule has 0 radical (unpaired) electrons. The number of rotatable bonds is 4. The first-order valence-corrected chi connectivity index (χ1v) is 6.98. The Kier molecular flexibility index (Phi) is 4.02. The molecule has 0 aliphatic rings. The molecule has 3 rings (SSSR count). The number of hydrogen-bond donors (Lipinski definition) is 0. The molecule has 3 aromatic rings. The third kappa shape index (κ3) is 3.04. The van der Waals surface area contributed by atoms with Crippen LogP contribution < -0.4 is 4.74 Å². The summed E-state index contributed by atoms with van der Waals surface area (Å²) in [6.07, 6.45) is 0. The summed E-state index contributed by atoms with van der Waals surface area (Å²) < 4.78 is 20.9. The highest BCUT2D eigenvalue weighted by Crippen LogP contribution is 2.19. The zero-order chi connectivity index (χ0) is 16.2. The van der Waals surface area contributed by atoms with Crippen LogP contribution in [-0.2, 0) is 6.61 Å². The van der Waals surface area contributed by atoms with Crippen LogP contribution >= 0.6 is 0 Å². The molecule has 0 aliphatic heterocycles. The van der Waals surface area contributed by atoms with E-state index in [1.54, 1.807) is 18.2 Å². The van der Waals surface area contributed by atoms with Crippen molar-refractivity contribution in [3.8, 4) is 17.5 Å². The number of aromatic nitrogens is 3. The van der Waals surface area contributed by atoms with Gasteiger partial charge < -0.3 is 4.74 Å². The van der Waals surface area contributed by atoms with Crippen LogP contribution in [0.3, 0.4) is 0 Å². The fraction of sp³-hybridized carbons (Fsp3) is 0.118. The van der Waals surface area contributed by atoms with E-state index in [1.807, 2.05) is 37.3 Å². The fourth-order valence-corrected chi connectivity index (χ4v) is 2.12. The lowest BCUT2D eigenvalue weighted by atomic mass is 10.2. The first-order chi connectivity index (χ1) is 11.2. The molecule has 0 fully saturated rings. The molecule has 0 bridgehead atoms. The van der Waals surface area contributed by atoms with Gasteiger partial charge in [0.15, 0.2) is 5.69 Å². The van der Waals surface area contributed by atoms with Crippen molar-refractivity contribution >= 4 is 0 Å². The SMILES string of the molecule is Cc1ccc(OCc2c(C#N)nnn2-c2ccccc2F)cc1. The Bertz CT molecular complexity index is 865. The van der Waals surface area contributed by atoms with Crippen LogP contribution in [0.2, 0.25) is 0 Å². The number of hydrogen-bond acceptors (Lipinski definition) is 4. The minimum atomic E-state index is -0.446. The highest BCUT2D eigenvalue weighted by atomic mass is 19.1. The molecule has 0 atom stereocenters. The molecule has 0 saturated heterocycles. The molecule has 0 aliphatic carbocycles. The number of nitrogens with zero attached hydrogens (tertiary/aromatic N) is 4. The molecule has 5 nitrogen and oxygen atoms in total. The van der Waals surface area contributed by atoms with Crippen LogP contribution in [-0.4, -0.2) is 15.0 Å². The van der Waals surface area contributed by atoms with Crippen LogP contribution in [0.15, 0.2) is 48.5 Å². The summed E-state index contributed by atoms with van der Waals surface area (Å²) in [5, 5.41) is 16.8. The van der Waals surface area contributed by atoms with E-state index in [1.165, 1.54) is 10.7 Å². The normalized spacial score (nSPS) is 10.3. The largest absolute Gasteiger partial charge is 0.487 e. The number of aryl methyl sites for hydroxylation is 1. The third-order valence-electron chi connectivity index (χ3n) is 3.35. The van der Waals surface area contributed by atoms with Gasteiger partial charge in [-0.15, -0.1) is 5.10 Å². The quantitative estimate of drug-likeness (QED) is 0.742. The lowest BCUT2D eigenvalue weighted by Gasteiger charge is -2.09. The van der Waals surface area contributed by atoms with Gasteiger partial charge in [0.25, 0.3) is 0 Å². The van der Waals surface area contributed by atoms with Crippen molar-refractivity contribution in [2.24, 2.45) is 0 Å². The van der Waals surface area contributed by atoms with Gasteiger partial charge in [0.05, 0.1) is 0 Å². The van der Waals surface area contributed by atoms with Gasteiger partial charge in [0.2, 0.25) is 0 Å². The number of nitriles is 1. The lowest BCUT2D eigenvalue weighted by Crippen LogP contribution is -2.08. The average Bonchev–Trinajstić information content (AvgIpc) is 2.97. The highest BCUT2D eigenvalue weighted by Gasteiger charge is 2.17. The summed E-state index contributed by atoms with van der Waals surface area (Å²) in [5.41, 5.74) is 1.86. The van der Waals surface area contributed by atoms with Gasteiger partial charge in [-0.05, 0) is 31.2 Å². The van der Waals surface area contributed by atoms with Gasteiger partial charge in [-0.3, -0.25) is 0 Å². The maximum atomic E-state index is 14.0. The molecule has 2 aromatic carbocycles. The van der Waals surface area contributed by atoms with Gasteiger partial charge in [-0.25, -0.2) is 9.07 Å². The summed E-state index contributed by atoms with van der Waals surface area (Å²) in [6, 6.07) is 15.6. The van der Waals surface area contributed by atoms with Gasteiger partial charge in [-0.2, -0.15) is 5.26 Å². The van der Waals surface area contributed by atoms with Crippen LogP contribution in [0.1, 0.15) is 17.0 Å². The Labute approximate surface area is 132 Å². The Morgan fingerprint density at radius 3 is 2.61 bits per heavy atom. The zero-order valence-electron chi connectivity index (χ0n) is 12.4. The zero-order valence-corrected chi connectivity index (χ0v) is 12.4. The fourth-order valence-electron chi connectivity index (χ4n) is 2.12. The molecule has 0 spiro atoms. The Balaban J connectivity index is 1.92. The van der Waals surface area contributed by atoms with Gasteiger partial charge in [0, 0.05) is 0 Å². The molecule has 6 heteroatoms. The van der Waals surface area contributed by atoms with Gasteiger partial charge >= 0.3 is 0 Å². The summed E-state index contributed by atoms with van der Waals surface area (Å²) in [6.45, 7) is 2.04. The molecule has 1 heterocycles. The van der Waals surface area contributed by atoms with Crippen molar-refractivity contribution < 1.29 is 9.13 Å². The maximum absolute atomic E-state index is 14.0. The standard InChI is InChI=1S/C17H13FN4O/c1-12-6-8-13(9-7-12)23-11-17-15(10-19)20-21-22(17)16-5-3-2-4-14(16)18/h2-9H,11H2,1H3. The lowest BCUT2D eigenvalue weighted by molar-refractivity contribution is 0.297. The van der Waals surface area contributed by atoms with Crippen LogP contribution in [0.4, 0.5) is 4.39 Å². The van der Waals surface area contributed by atoms with E-state index in [2.05, 4.69) is 10.3 Å². The predicted octanol–water partition coefficient (Wildman–Crippen LogP) is 3.17. The average molecular weight is 308 g/mol. The summed E-state index contributed by atoms with van der Waals surface area (Å²) >= 11 is 0. The molecule has 0 N–H and O–H groups in total. The number of ether oxygens (including phenoxy) is 1. The predicted molar refractivity (Wildman–Crippen MR) is 81.5 cm³/mol. The second kappa shape index (κ2) is 6.28. The molecule has 0 unspecified atom stereocenters. The minimum absolute atomic E-state index is 0.0628. The molecular weight excluding hydrogens is 295 g/mol. The number of halogens is 1. The first-order valence-electron chi connectivity index (χ1n) is 6.98. The summed E-state index contributed by atoms with van der Waals surface area (Å²) in [7, 11) is 0. The van der Waals surface area contributed by atoms with Crippen molar-refractivity contribution in [1.29, 1.82) is 5.26 Å². The van der Waals surface area contributed by atoms with Crippen molar-refractivity contribution in [3.63, 3.8) is 0 Å². The van der Waals surface area contributed by atoms with E-state index in [0.29, 0.717) is 11.4 Å². The smallest absolute Gasteiger partial charge is 0.189 e. The summed E-state index contributed by atoms with van der Waals surface area (Å²) in [4.78, 5) is 0. The topological polar surface area (TPSA) is 63.7 Å². The molecule has 0 saturated carbocycles. The second-order valence-electron chi connectivity index (χ2n) is 4.96. The van der Waals surface area contributed by atoms with Crippen LogP contribution in [0.25, 0.3) is 5.69 Å². The molecule has 23 heavy (non-hydrogen) atoms. The van der Waals surface area contributed by atoms with Crippen molar-refractivity contribution in [3.05, 3.63) is 71.3 Å². The highest BCUT2D eigenvalue weighted by molar-refractivity contribution is 5.37. The van der Waals surface area contributed by atoms with E-state index >= 15 is 0 Å². The molecular formula is C17H13FN4O. The Hall–Kier alpha value is -3.20. The van der Waals surface area contributed by atoms with Gasteiger partial charge in [-0.1, -0.05) is 35.0 Å². The monoisotopic (exact) mass is 308 g/mol.